The molecule has 0 bridgehead atoms. The highest BCUT2D eigenvalue weighted by Crippen LogP contribution is 2.43. The zero-order valence-electron chi connectivity index (χ0n) is 23.1. The number of nitrogens with zero attached hydrogens (tertiary/aromatic N) is 5. The summed E-state index contributed by atoms with van der Waals surface area (Å²) in [5, 5.41) is 4.00. The third-order valence-corrected chi connectivity index (χ3v) is 6.89. The molecule has 1 aliphatic rings. The average Bonchev–Trinajstić information content (AvgIpc) is 3.32. The van der Waals surface area contributed by atoms with Crippen LogP contribution >= 0.6 is 11.6 Å². The molecule has 0 saturated carbocycles. The van der Waals surface area contributed by atoms with Crippen molar-refractivity contribution in [2.75, 3.05) is 12.3 Å². The second-order valence-electron chi connectivity index (χ2n) is 9.60. The number of carbonyl (C=O) groups excluding carboxylic acids is 3. The molecule has 0 radical (unpaired) electrons. The Morgan fingerprint density at radius 1 is 0.933 bits per heavy atom. The monoisotopic (exact) mass is 630 g/mol. The molecule has 0 aliphatic carbocycles. The van der Waals surface area contributed by atoms with E-state index in [4.69, 9.17) is 36.3 Å². The first kappa shape index (κ1) is 30.8. The predicted molar refractivity (Wildman–Crippen MR) is 158 cm³/mol. The Labute approximate surface area is 259 Å². The Balaban J connectivity index is 1.61. The molecule has 15 heteroatoms. The SMILES string of the molecule is [N-]=[N+]=N[C@]1(COC(=O)c2cccc(Cl)c2)O[C@@H](n2ccc(N)nc2=O)[C@H](OC(=O)c2ccccc2)[C@@H]1OC(=O)c1ccccc1. The van der Waals surface area contributed by atoms with E-state index in [9.17, 15) is 24.7 Å². The number of esters is 3. The minimum Gasteiger partial charge on any atom is -0.459 e. The summed E-state index contributed by atoms with van der Waals surface area (Å²) in [5.74, 6) is -2.82. The Hall–Kier alpha value is -5.69. The molecule has 14 nitrogen and oxygen atoms in total. The largest absolute Gasteiger partial charge is 0.459 e. The van der Waals surface area contributed by atoms with E-state index in [-0.39, 0.29) is 27.5 Å². The molecule has 2 heterocycles. The zero-order chi connectivity index (χ0) is 32.0. The third kappa shape index (κ3) is 6.78. The molecular formula is C30H23ClN6O8. The van der Waals surface area contributed by atoms with Crippen LogP contribution in [0.1, 0.15) is 37.3 Å². The average molecular weight is 631 g/mol. The smallest absolute Gasteiger partial charge is 0.351 e. The maximum atomic E-state index is 13.4. The van der Waals surface area contributed by atoms with Gasteiger partial charge in [0, 0.05) is 16.1 Å². The van der Waals surface area contributed by atoms with Crippen LogP contribution in [-0.4, -0.2) is 52.0 Å². The fourth-order valence-electron chi connectivity index (χ4n) is 4.56. The predicted octanol–water partition coefficient (Wildman–Crippen LogP) is 4.32. The lowest BCUT2D eigenvalue weighted by Gasteiger charge is -2.29. The summed E-state index contributed by atoms with van der Waals surface area (Å²) < 4.78 is 24.1. The van der Waals surface area contributed by atoms with Gasteiger partial charge in [0.1, 0.15) is 12.4 Å². The number of nitrogens with two attached hydrogens (primary N) is 1. The van der Waals surface area contributed by atoms with Crippen LogP contribution in [0.4, 0.5) is 5.82 Å². The van der Waals surface area contributed by atoms with Crippen molar-refractivity contribution in [2.45, 2.75) is 24.2 Å². The van der Waals surface area contributed by atoms with Crippen LogP contribution in [-0.2, 0) is 18.9 Å². The molecule has 228 valence electrons. The van der Waals surface area contributed by atoms with Crippen molar-refractivity contribution < 1.29 is 33.3 Å². The van der Waals surface area contributed by atoms with Gasteiger partial charge in [-0.15, -0.1) is 0 Å². The summed E-state index contributed by atoms with van der Waals surface area (Å²) in [5.41, 5.74) is 12.3. The van der Waals surface area contributed by atoms with Crippen molar-refractivity contribution >= 4 is 35.3 Å². The lowest BCUT2D eigenvalue weighted by molar-refractivity contribution is -0.129. The topological polar surface area (TPSA) is 198 Å². The van der Waals surface area contributed by atoms with Gasteiger partial charge in [0.15, 0.2) is 18.4 Å². The Morgan fingerprint density at radius 3 is 2.16 bits per heavy atom. The molecule has 0 amide bonds. The van der Waals surface area contributed by atoms with Crippen molar-refractivity contribution in [3.05, 3.63) is 140 Å². The van der Waals surface area contributed by atoms with Crippen molar-refractivity contribution in [3.8, 4) is 0 Å². The molecule has 4 atom stereocenters. The first-order chi connectivity index (χ1) is 21.7. The van der Waals surface area contributed by atoms with E-state index in [1.165, 1.54) is 54.7 Å². The van der Waals surface area contributed by atoms with Gasteiger partial charge < -0.3 is 24.7 Å². The maximum Gasteiger partial charge on any atom is 0.351 e. The summed E-state index contributed by atoms with van der Waals surface area (Å²) in [6, 6.07) is 22.7. The Morgan fingerprint density at radius 2 is 1.56 bits per heavy atom. The standard InChI is InChI=1S/C30H23ClN6O8/c31-21-13-7-12-20(16-21)26(38)42-17-30(35-36-33)24(44-28(40)19-10-5-2-6-11-19)23(43-27(39)18-8-3-1-4-9-18)25(45-30)37-15-14-22(32)34-29(37)41/h1-16,23-25H,17H2,(H2,32,34,41)/t23-,24+,25-,30-/m1/s1. The summed E-state index contributed by atoms with van der Waals surface area (Å²) in [6.07, 6.45) is -3.82. The number of aromatic nitrogens is 2. The van der Waals surface area contributed by atoms with E-state index < -0.39 is 54.4 Å². The maximum absolute atomic E-state index is 13.4. The van der Waals surface area contributed by atoms with Gasteiger partial charge in [0.2, 0.25) is 5.72 Å². The molecule has 2 N–H and O–H groups in total. The van der Waals surface area contributed by atoms with Gasteiger partial charge in [-0.2, -0.15) is 4.98 Å². The number of hydrogen-bond acceptors (Lipinski definition) is 11. The second kappa shape index (κ2) is 13.3. The summed E-state index contributed by atoms with van der Waals surface area (Å²) in [4.78, 5) is 59.2. The van der Waals surface area contributed by atoms with Crippen LogP contribution < -0.4 is 11.4 Å². The minimum absolute atomic E-state index is 0.0528. The van der Waals surface area contributed by atoms with Crippen molar-refractivity contribution in [1.82, 2.24) is 9.55 Å². The normalized spacial score (nSPS) is 20.4. The number of nitrogen functional groups attached to an aromatic ring is 1. The highest BCUT2D eigenvalue weighted by atomic mass is 35.5. The number of anilines is 1. The van der Waals surface area contributed by atoms with Crippen LogP contribution in [0.5, 0.6) is 0 Å². The highest BCUT2D eigenvalue weighted by Gasteiger charge is 2.61. The van der Waals surface area contributed by atoms with Gasteiger partial charge in [-0.05, 0) is 54.1 Å². The van der Waals surface area contributed by atoms with Gasteiger partial charge in [-0.25, -0.2) is 19.2 Å². The third-order valence-electron chi connectivity index (χ3n) is 6.66. The number of rotatable bonds is 9. The summed E-state index contributed by atoms with van der Waals surface area (Å²) in [7, 11) is 0. The van der Waals surface area contributed by atoms with Crippen LogP contribution in [0.2, 0.25) is 5.02 Å². The lowest BCUT2D eigenvalue weighted by Crippen LogP contribution is -2.49. The number of ether oxygens (including phenoxy) is 4. The summed E-state index contributed by atoms with van der Waals surface area (Å²) in [6.45, 7) is -0.845. The number of hydrogen-bond donors (Lipinski definition) is 1. The molecule has 1 aliphatic heterocycles. The van der Waals surface area contributed by atoms with Gasteiger partial charge in [0.05, 0.1) is 16.7 Å². The Kier molecular flexibility index (Phi) is 9.09. The molecule has 0 unspecified atom stereocenters. The number of halogens is 1. The van der Waals surface area contributed by atoms with Gasteiger partial charge >= 0.3 is 23.6 Å². The number of carbonyl (C=O) groups is 3. The van der Waals surface area contributed by atoms with E-state index in [0.29, 0.717) is 0 Å². The fourth-order valence-corrected chi connectivity index (χ4v) is 4.75. The van der Waals surface area contributed by atoms with Crippen LogP contribution in [0.15, 0.2) is 107 Å². The van der Waals surface area contributed by atoms with Gasteiger partial charge in [0.25, 0.3) is 0 Å². The first-order valence-corrected chi connectivity index (χ1v) is 13.6. The van der Waals surface area contributed by atoms with Gasteiger partial charge in [-0.1, -0.05) is 59.2 Å². The minimum atomic E-state index is -2.36. The van der Waals surface area contributed by atoms with Crippen molar-refractivity contribution in [2.24, 2.45) is 5.11 Å². The van der Waals surface area contributed by atoms with E-state index in [2.05, 4.69) is 15.0 Å². The highest BCUT2D eigenvalue weighted by molar-refractivity contribution is 6.30. The Bertz CT molecular complexity index is 1830. The lowest BCUT2D eigenvalue weighted by atomic mass is 10.0. The molecule has 3 aromatic carbocycles. The molecule has 1 saturated heterocycles. The van der Waals surface area contributed by atoms with E-state index in [1.54, 1.807) is 42.5 Å². The van der Waals surface area contributed by atoms with Crippen molar-refractivity contribution in [1.29, 1.82) is 0 Å². The zero-order valence-corrected chi connectivity index (χ0v) is 23.9. The van der Waals surface area contributed by atoms with Crippen LogP contribution in [0.25, 0.3) is 10.4 Å². The van der Waals surface area contributed by atoms with E-state index >= 15 is 0 Å². The molecule has 4 aromatic rings. The second-order valence-corrected chi connectivity index (χ2v) is 10.0. The number of benzene rings is 3. The molecule has 1 fully saturated rings. The van der Waals surface area contributed by atoms with Crippen LogP contribution in [0.3, 0.4) is 0 Å². The van der Waals surface area contributed by atoms with Crippen molar-refractivity contribution in [3.63, 3.8) is 0 Å². The quantitative estimate of drug-likeness (QED) is 0.0913. The number of azide groups is 1. The summed E-state index contributed by atoms with van der Waals surface area (Å²) >= 11 is 6.01. The van der Waals surface area contributed by atoms with Gasteiger partial charge in [-0.3, -0.25) is 4.57 Å². The molecule has 0 spiro atoms. The molecular weight excluding hydrogens is 608 g/mol. The molecule has 5 rings (SSSR count). The first-order valence-electron chi connectivity index (χ1n) is 13.2. The fraction of sp³-hybridized carbons (Fsp3) is 0.167. The van der Waals surface area contributed by atoms with E-state index in [1.807, 2.05) is 0 Å². The molecule has 1 aromatic heterocycles. The van der Waals surface area contributed by atoms with Crippen LogP contribution in [0, 0.1) is 0 Å². The molecule has 45 heavy (non-hydrogen) atoms. The van der Waals surface area contributed by atoms with E-state index in [0.717, 1.165) is 4.57 Å².